The quantitative estimate of drug-likeness (QED) is 0.841. The van der Waals surface area contributed by atoms with Gasteiger partial charge in [0.2, 0.25) is 0 Å². The van der Waals surface area contributed by atoms with Crippen LogP contribution in [-0.4, -0.2) is 25.7 Å². The fourth-order valence-electron chi connectivity index (χ4n) is 1.79. The number of benzene rings is 1. The zero-order chi connectivity index (χ0) is 11.4. The highest BCUT2D eigenvalue weighted by atomic mass is 16.5. The third kappa shape index (κ3) is 2.83. The second-order valence-electron chi connectivity index (χ2n) is 4.31. The van der Waals surface area contributed by atoms with E-state index in [0.717, 1.165) is 25.2 Å². The van der Waals surface area contributed by atoms with Gasteiger partial charge in [0.1, 0.15) is 0 Å². The number of hydrogen-bond donors (Lipinski definition) is 1. The summed E-state index contributed by atoms with van der Waals surface area (Å²) < 4.78 is 5.26. The van der Waals surface area contributed by atoms with Crippen molar-refractivity contribution < 1.29 is 9.53 Å². The second kappa shape index (κ2) is 5.12. The molecular formula is C13H17NO2. The number of carbonyl (C=O) groups is 1. The predicted octanol–water partition coefficient (Wildman–Crippen LogP) is 1.76. The summed E-state index contributed by atoms with van der Waals surface area (Å²) in [6.07, 6.45) is 1.05. The Kier molecular flexibility index (Phi) is 3.57. The lowest BCUT2D eigenvalue weighted by atomic mass is 10.1. The number of ether oxygens (including phenoxy) is 1. The van der Waals surface area contributed by atoms with E-state index in [1.807, 2.05) is 31.2 Å². The van der Waals surface area contributed by atoms with Crippen LogP contribution in [0.5, 0.6) is 0 Å². The highest BCUT2D eigenvalue weighted by Crippen LogP contribution is 2.11. The minimum Gasteiger partial charge on any atom is -0.381 e. The van der Waals surface area contributed by atoms with Crippen molar-refractivity contribution in [2.75, 3.05) is 19.8 Å². The maximum atomic E-state index is 11.8. The smallest absolute Gasteiger partial charge is 0.251 e. The molecule has 0 spiro atoms. The molecule has 1 heterocycles. The average Bonchev–Trinajstić information content (AvgIpc) is 2.80. The van der Waals surface area contributed by atoms with Gasteiger partial charge in [0.15, 0.2) is 0 Å². The van der Waals surface area contributed by atoms with Gasteiger partial charge in [0, 0.05) is 24.6 Å². The number of rotatable bonds is 3. The molecule has 1 N–H and O–H groups in total. The van der Waals surface area contributed by atoms with Crippen LogP contribution in [0, 0.1) is 12.8 Å². The van der Waals surface area contributed by atoms with E-state index in [2.05, 4.69) is 5.32 Å². The van der Waals surface area contributed by atoms with Crippen LogP contribution in [0.1, 0.15) is 22.3 Å². The van der Waals surface area contributed by atoms with Crippen molar-refractivity contribution >= 4 is 5.91 Å². The van der Waals surface area contributed by atoms with E-state index in [1.165, 1.54) is 5.56 Å². The van der Waals surface area contributed by atoms with Crippen LogP contribution in [0.3, 0.4) is 0 Å². The topological polar surface area (TPSA) is 38.3 Å². The largest absolute Gasteiger partial charge is 0.381 e. The fourth-order valence-corrected chi connectivity index (χ4v) is 1.79. The van der Waals surface area contributed by atoms with Crippen LogP contribution in [0.2, 0.25) is 0 Å². The van der Waals surface area contributed by atoms with Gasteiger partial charge in [0.25, 0.3) is 5.91 Å². The summed E-state index contributed by atoms with van der Waals surface area (Å²) in [6.45, 7) is 4.32. The molecule has 1 amide bonds. The van der Waals surface area contributed by atoms with Crippen molar-refractivity contribution in [2.45, 2.75) is 13.3 Å². The van der Waals surface area contributed by atoms with Crippen molar-refractivity contribution in [1.82, 2.24) is 5.32 Å². The maximum Gasteiger partial charge on any atom is 0.251 e. The number of amides is 1. The Morgan fingerprint density at radius 1 is 1.44 bits per heavy atom. The molecule has 1 aliphatic heterocycles. The molecule has 1 atom stereocenters. The van der Waals surface area contributed by atoms with E-state index in [9.17, 15) is 4.79 Å². The minimum absolute atomic E-state index is 0.00639. The Morgan fingerprint density at radius 2 is 2.19 bits per heavy atom. The zero-order valence-corrected chi connectivity index (χ0v) is 9.53. The van der Waals surface area contributed by atoms with Gasteiger partial charge in [0.05, 0.1) is 6.61 Å². The molecule has 1 aromatic carbocycles. The first-order valence-corrected chi connectivity index (χ1v) is 5.68. The molecule has 3 nitrogen and oxygen atoms in total. The lowest BCUT2D eigenvalue weighted by Gasteiger charge is -2.09. The Labute approximate surface area is 95.8 Å². The molecule has 0 aliphatic carbocycles. The van der Waals surface area contributed by atoms with Gasteiger partial charge in [-0.2, -0.15) is 0 Å². The summed E-state index contributed by atoms with van der Waals surface area (Å²) in [7, 11) is 0. The van der Waals surface area contributed by atoms with Gasteiger partial charge in [-0.3, -0.25) is 4.79 Å². The molecule has 0 radical (unpaired) electrons. The monoisotopic (exact) mass is 219 g/mol. The first-order chi connectivity index (χ1) is 7.75. The van der Waals surface area contributed by atoms with Crippen LogP contribution in [0.15, 0.2) is 24.3 Å². The Balaban J connectivity index is 1.85. The normalized spacial score (nSPS) is 19.7. The number of aryl methyl sites for hydroxylation is 1. The van der Waals surface area contributed by atoms with Crippen molar-refractivity contribution in [3.63, 3.8) is 0 Å². The fraction of sp³-hybridized carbons (Fsp3) is 0.462. The molecule has 2 rings (SSSR count). The summed E-state index contributed by atoms with van der Waals surface area (Å²) in [5.74, 6) is 0.487. The van der Waals surface area contributed by atoms with Crippen molar-refractivity contribution in [1.29, 1.82) is 0 Å². The van der Waals surface area contributed by atoms with E-state index in [-0.39, 0.29) is 5.91 Å². The van der Waals surface area contributed by atoms with Gasteiger partial charge >= 0.3 is 0 Å². The molecule has 16 heavy (non-hydrogen) atoms. The number of carbonyl (C=O) groups excluding carboxylic acids is 1. The van der Waals surface area contributed by atoms with E-state index < -0.39 is 0 Å². The average molecular weight is 219 g/mol. The SMILES string of the molecule is Cc1ccc(C(=O)NCC2CCOC2)cc1. The predicted molar refractivity (Wildman–Crippen MR) is 62.4 cm³/mol. The van der Waals surface area contributed by atoms with Gasteiger partial charge < -0.3 is 10.1 Å². The summed E-state index contributed by atoms with van der Waals surface area (Å²) in [5, 5.41) is 2.94. The molecule has 1 aromatic rings. The summed E-state index contributed by atoms with van der Waals surface area (Å²) in [5.41, 5.74) is 1.89. The minimum atomic E-state index is 0.00639. The van der Waals surface area contributed by atoms with Crippen molar-refractivity contribution in [3.05, 3.63) is 35.4 Å². The standard InChI is InChI=1S/C13H17NO2/c1-10-2-4-12(5-3-10)13(15)14-8-11-6-7-16-9-11/h2-5,11H,6-9H2,1H3,(H,14,15). The van der Waals surface area contributed by atoms with Gasteiger partial charge in [-0.1, -0.05) is 17.7 Å². The molecule has 0 saturated carbocycles. The van der Waals surface area contributed by atoms with E-state index in [1.54, 1.807) is 0 Å². The zero-order valence-electron chi connectivity index (χ0n) is 9.53. The summed E-state index contributed by atoms with van der Waals surface area (Å²) in [6, 6.07) is 7.62. The van der Waals surface area contributed by atoms with Crippen molar-refractivity contribution in [3.8, 4) is 0 Å². The van der Waals surface area contributed by atoms with Gasteiger partial charge in [-0.15, -0.1) is 0 Å². The highest BCUT2D eigenvalue weighted by molar-refractivity contribution is 5.94. The van der Waals surface area contributed by atoms with Crippen LogP contribution in [0.4, 0.5) is 0 Å². The van der Waals surface area contributed by atoms with E-state index in [4.69, 9.17) is 4.74 Å². The first-order valence-electron chi connectivity index (χ1n) is 5.68. The second-order valence-corrected chi connectivity index (χ2v) is 4.31. The third-order valence-corrected chi connectivity index (χ3v) is 2.89. The number of hydrogen-bond acceptors (Lipinski definition) is 2. The summed E-state index contributed by atoms with van der Waals surface area (Å²) in [4.78, 5) is 11.8. The van der Waals surface area contributed by atoms with Crippen LogP contribution < -0.4 is 5.32 Å². The molecular weight excluding hydrogens is 202 g/mol. The Morgan fingerprint density at radius 3 is 2.81 bits per heavy atom. The molecule has 0 bridgehead atoms. The van der Waals surface area contributed by atoms with Crippen LogP contribution in [-0.2, 0) is 4.74 Å². The molecule has 1 saturated heterocycles. The number of nitrogens with one attached hydrogen (secondary N) is 1. The first kappa shape index (κ1) is 11.1. The van der Waals surface area contributed by atoms with Gasteiger partial charge in [-0.05, 0) is 25.5 Å². The molecule has 1 unspecified atom stereocenters. The van der Waals surface area contributed by atoms with Crippen LogP contribution >= 0.6 is 0 Å². The Bertz CT molecular complexity index is 353. The Hall–Kier alpha value is -1.35. The lowest BCUT2D eigenvalue weighted by molar-refractivity contribution is 0.0945. The maximum absolute atomic E-state index is 11.8. The van der Waals surface area contributed by atoms with Gasteiger partial charge in [-0.25, -0.2) is 0 Å². The molecule has 0 aromatic heterocycles. The lowest BCUT2D eigenvalue weighted by Crippen LogP contribution is -2.29. The highest BCUT2D eigenvalue weighted by Gasteiger charge is 2.16. The van der Waals surface area contributed by atoms with Crippen molar-refractivity contribution in [2.24, 2.45) is 5.92 Å². The molecule has 1 fully saturated rings. The molecule has 1 aliphatic rings. The third-order valence-electron chi connectivity index (χ3n) is 2.89. The molecule has 86 valence electrons. The molecule has 3 heteroatoms. The van der Waals surface area contributed by atoms with E-state index >= 15 is 0 Å². The van der Waals surface area contributed by atoms with Crippen LogP contribution in [0.25, 0.3) is 0 Å². The summed E-state index contributed by atoms with van der Waals surface area (Å²) >= 11 is 0. The van der Waals surface area contributed by atoms with E-state index in [0.29, 0.717) is 12.5 Å².